The zero-order chi connectivity index (χ0) is 27.8. The molecule has 1 aliphatic rings. The minimum Gasteiger partial charge on any atom is -0.481 e. The molecule has 0 unspecified atom stereocenters. The molecular formula is C21H20F6N4O6. The zero-order valence-electron chi connectivity index (χ0n) is 19.0. The van der Waals surface area contributed by atoms with E-state index >= 15 is 0 Å². The molecule has 0 saturated heterocycles. The van der Waals surface area contributed by atoms with Crippen molar-refractivity contribution in [3.63, 3.8) is 0 Å². The van der Waals surface area contributed by atoms with E-state index in [2.05, 4.69) is 25.5 Å². The lowest BCUT2D eigenvalue weighted by molar-refractivity contribution is -0.193. The lowest BCUT2D eigenvalue weighted by Crippen LogP contribution is -2.33. The van der Waals surface area contributed by atoms with Gasteiger partial charge in [-0.1, -0.05) is 6.07 Å². The van der Waals surface area contributed by atoms with Gasteiger partial charge in [-0.3, -0.25) is 4.90 Å². The number of rotatable bonds is 4. The fraction of sp³-hybridized carbons (Fsp3) is 0.333. The summed E-state index contributed by atoms with van der Waals surface area (Å²) < 4.78 is 76.5. The van der Waals surface area contributed by atoms with Crippen LogP contribution in [0.5, 0.6) is 5.88 Å². The number of ether oxygens (including phenoxy) is 1. The number of nitrogens with zero attached hydrogens (tertiary/aromatic N) is 4. The standard InChI is InChI=1S/C17H18N4O2.2C2HF3O2/c1-22-17-13(4-2-6-18-17)11-20-7-8-21-14(10-19-16(21)12-20)15-5-3-9-23-15;2*3-2(4,5)1(6)7/h2-6,9-10H,7-8,11-12H2,1H3;2*(H,6,7). The summed E-state index contributed by atoms with van der Waals surface area (Å²) in [5.74, 6) is -2.89. The molecule has 0 radical (unpaired) electrons. The smallest absolute Gasteiger partial charge is 0.481 e. The molecule has 0 aromatic carbocycles. The van der Waals surface area contributed by atoms with E-state index in [0.717, 1.165) is 49.0 Å². The fourth-order valence-electron chi connectivity index (χ4n) is 3.04. The number of imidazole rings is 1. The highest BCUT2D eigenvalue weighted by Crippen LogP contribution is 2.26. The van der Waals surface area contributed by atoms with Gasteiger partial charge in [0.2, 0.25) is 5.88 Å². The molecule has 3 aromatic heterocycles. The summed E-state index contributed by atoms with van der Waals surface area (Å²) in [6.45, 7) is 3.46. The first kappa shape index (κ1) is 29.2. The van der Waals surface area contributed by atoms with Crippen molar-refractivity contribution in [2.24, 2.45) is 0 Å². The van der Waals surface area contributed by atoms with Gasteiger partial charge in [-0.05, 0) is 18.2 Å². The number of hydrogen-bond acceptors (Lipinski definition) is 7. The normalized spacial score (nSPS) is 13.4. The summed E-state index contributed by atoms with van der Waals surface area (Å²) in [5, 5.41) is 14.2. The van der Waals surface area contributed by atoms with Crippen LogP contribution in [0.4, 0.5) is 26.3 Å². The lowest BCUT2D eigenvalue weighted by atomic mass is 10.2. The highest BCUT2D eigenvalue weighted by atomic mass is 19.4. The van der Waals surface area contributed by atoms with E-state index in [4.69, 9.17) is 29.0 Å². The number of carboxylic acids is 2. The van der Waals surface area contributed by atoms with Crippen molar-refractivity contribution in [1.82, 2.24) is 19.4 Å². The molecular weight excluding hydrogens is 518 g/mol. The van der Waals surface area contributed by atoms with E-state index < -0.39 is 24.3 Å². The van der Waals surface area contributed by atoms with Gasteiger partial charge in [-0.2, -0.15) is 26.3 Å². The molecule has 4 rings (SSSR count). The first-order chi connectivity index (χ1) is 17.2. The maximum absolute atomic E-state index is 10.6. The molecule has 4 heterocycles. The van der Waals surface area contributed by atoms with Gasteiger partial charge in [0.25, 0.3) is 0 Å². The second-order valence-corrected chi connectivity index (χ2v) is 7.18. The molecule has 37 heavy (non-hydrogen) atoms. The van der Waals surface area contributed by atoms with Gasteiger partial charge < -0.3 is 23.9 Å². The Morgan fingerprint density at radius 3 is 2.16 bits per heavy atom. The van der Waals surface area contributed by atoms with Crippen molar-refractivity contribution >= 4 is 11.9 Å². The molecule has 0 atom stereocenters. The van der Waals surface area contributed by atoms with Gasteiger partial charge in [-0.15, -0.1) is 0 Å². The van der Waals surface area contributed by atoms with Gasteiger partial charge >= 0.3 is 24.3 Å². The molecule has 1 aliphatic heterocycles. The van der Waals surface area contributed by atoms with Crippen molar-refractivity contribution in [2.75, 3.05) is 13.7 Å². The summed E-state index contributed by atoms with van der Waals surface area (Å²) in [6, 6.07) is 7.87. The van der Waals surface area contributed by atoms with Crippen LogP contribution < -0.4 is 4.74 Å². The Morgan fingerprint density at radius 1 is 1.03 bits per heavy atom. The number of aliphatic carboxylic acids is 2. The van der Waals surface area contributed by atoms with Crippen LogP contribution >= 0.6 is 0 Å². The van der Waals surface area contributed by atoms with Crippen LogP contribution in [0.1, 0.15) is 11.4 Å². The maximum atomic E-state index is 10.6. The van der Waals surface area contributed by atoms with Crippen LogP contribution in [0, 0.1) is 0 Å². The Labute approximate surface area is 204 Å². The average molecular weight is 538 g/mol. The number of methoxy groups -OCH3 is 1. The van der Waals surface area contributed by atoms with Crippen molar-refractivity contribution in [1.29, 1.82) is 0 Å². The van der Waals surface area contributed by atoms with Crippen LogP contribution in [0.2, 0.25) is 0 Å². The largest absolute Gasteiger partial charge is 0.490 e. The van der Waals surface area contributed by atoms with Crippen molar-refractivity contribution in [2.45, 2.75) is 32.0 Å². The first-order valence-corrected chi connectivity index (χ1v) is 10.1. The highest BCUT2D eigenvalue weighted by molar-refractivity contribution is 5.73. The average Bonchev–Trinajstić information content (AvgIpc) is 3.48. The third kappa shape index (κ3) is 8.52. The van der Waals surface area contributed by atoms with Crippen LogP contribution in [0.3, 0.4) is 0 Å². The SMILES string of the molecule is COc1ncccc1CN1CCn2c(-c3ccco3)cnc2C1.O=C(O)C(F)(F)F.O=C(O)C(F)(F)F. The number of hydrogen-bond donors (Lipinski definition) is 2. The fourth-order valence-corrected chi connectivity index (χ4v) is 3.04. The number of aromatic nitrogens is 3. The highest BCUT2D eigenvalue weighted by Gasteiger charge is 2.38. The van der Waals surface area contributed by atoms with Crippen LogP contribution in [0.25, 0.3) is 11.5 Å². The van der Waals surface area contributed by atoms with Gasteiger partial charge in [0.05, 0.1) is 26.1 Å². The molecule has 0 amide bonds. The quantitative estimate of drug-likeness (QED) is 0.476. The molecule has 202 valence electrons. The Morgan fingerprint density at radius 2 is 1.65 bits per heavy atom. The third-order valence-electron chi connectivity index (χ3n) is 4.64. The predicted octanol–water partition coefficient (Wildman–Crippen LogP) is 3.83. The number of pyridine rings is 1. The second-order valence-electron chi connectivity index (χ2n) is 7.18. The van der Waals surface area contributed by atoms with E-state index in [1.165, 1.54) is 0 Å². The summed E-state index contributed by atoms with van der Waals surface area (Å²) in [6.07, 6.45) is -4.83. The second kappa shape index (κ2) is 12.2. The number of carbonyl (C=O) groups is 2. The molecule has 0 spiro atoms. The van der Waals surface area contributed by atoms with Gasteiger partial charge in [-0.25, -0.2) is 19.6 Å². The first-order valence-electron chi connectivity index (χ1n) is 10.1. The summed E-state index contributed by atoms with van der Waals surface area (Å²) in [4.78, 5) is 29.0. The van der Waals surface area contributed by atoms with E-state index in [9.17, 15) is 26.3 Å². The molecule has 0 bridgehead atoms. The van der Waals surface area contributed by atoms with Crippen molar-refractivity contribution < 1.29 is 55.3 Å². The number of alkyl halides is 6. The van der Waals surface area contributed by atoms with Crippen LogP contribution in [-0.2, 0) is 29.2 Å². The Bertz CT molecular complexity index is 1150. The summed E-state index contributed by atoms with van der Waals surface area (Å²) >= 11 is 0. The molecule has 0 fully saturated rings. The molecule has 2 N–H and O–H groups in total. The molecule has 3 aromatic rings. The molecule has 0 saturated carbocycles. The number of furan rings is 1. The van der Waals surface area contributed by atoms with Crippen molar-refractivity contribution in [3.8, 4) is 17.3 Å². The van der Waals surface area contributed by atoms with E-state index in [1.807, 2.05) is 24.4 Å². The molecule has 0 aliphatic carbocycles. The van der Waals surface area contributed by atoms with Gasteiger partial charge in [0.15, 0.2) is 5.76 Å². The number of fused-ring (bicyclic) bond motifs is 1. The lowest BCUT2D eigenvalue weighted by Gasteiger charge is -2.28. The van der Waals surface area contributed by atoms with Crippen molar-refractivity contribution in [3.05, 3.63) is 54.3 Å². The Kier molecular flexibility index (Phi) is 9.65. The van der Waals surface area contributed by atoms with E-state index in [0.29, 0.717) is 5.88 Å². The minimum atomic E-state index is -5.08. The number of halogens is 6. The summed E-state index contributed by atoms with van der Waals surface area (Å²) in [5.41, 5.74) is 2.14. The Balaban J connectivity index is 0.000000286. The molecule has 16 heteroatoms. The van der Waals surface area contributed by atoms with Crippen LogP contribution in [-0.4, -0.2) is 67.6 Å². The monoisotopic (exact) mass is 538 g/mol. The van der Waals surface area contributed by atoms with E-state index in [1.54, 1.807) is 19.6 Å². The third-order valence-corrected chi connectivity index (χ3v) is 4.64. The zero-order valence-corrected chi connectivity index (χ0v) is 19.0. The number of carboxylic acid groups (broad SMARTS) is 2. The topological polar surface area (TPSA) is 131 Å². The van der Waals surface area contributed by atoms with Gasteiger partial charge in [0, 0.05) is 31.4 Å². The molecule has 10 nitrogen and oxygen atoms in total. The predicted molar refractivity (Wildman–Crippen MR) is 112 cm³/mol. The van der Waals surface area contributed by atoms with Gasteiger partial charge in [0.1, 0.15) is 11.5 Å². The Hall–Kier alpha value is -4.08. The summed E-state index contributed by atoms with van der Waals surface area (Å²) in [7, 11) is 1.66. The maximum Gasteiger partial charge on any atom is 0.490 e. The van der Waals surface area contributed by atoms with Crippen LogP contribution in [0.15, 0.2) is 47.3 Å². The minimum absolute atomic E-state index is 0.692. The van der Waals surface area contributed by atoms with E-state index in [-0.39, 0.29) is 0 Å².